The van der Waals surface area contributed by atoms with Crippen LogP contribution < -0.4 is 19.6 Å². The summed E-state index contributed by atoms with van der Waals surface area (Å²) in [6, 6.07) is 5.67. The fraction of sp³-hybridized carbons (Fsp3) is 0.167. The monoisotopic (exact) mass is 360 g/mol. The number of phenolic OH excluding ortho intramolecular Hbond substituents is 2. The van der Waals surface area contributed by atoms with E-state index in [0.29, 0.717) is 17.1 Å². The van der Waals surface area contributed by atoms with E-state index in [-0.39, 0.29) is 22.5 Å². The molecule has 0 aliphatic rings. The van der Waals surface area contributed by atoms with Gasteiger partial charge in [0.2, 0.25) is 16.9 Å². The maximum Gasteiger partial charge on any atom is 0.238 e. The summed E-state index contributed by atoms with van der Waals surface area (Å²) in [4.78, 5) is 12.5. The Morgan fingerprint density at radius 1 is 0.846 bits per heavy atom. The summed E-state index contributed by atoms with van der Waals surface area (Å²) >= 11 is 0. The third-order valence-electron chi connectivity index (χ3n) is 3.93. The number of phenols is 2. The summed E-state index contributed by atoms with van der Waals surface area (Å²) < 4.78 is 20.8. The van der Waals surface area contributed by atoms with Gasteiger partial charge in [0.15, 0.2) is 28.6 Å². The van der Waals surface area contributed by atoms with E-state index >= 15 is 0 Å². The van der Waals surface area contributed by atoms with Gasteiger partial charge in [-0.25, -0.2) is 0 Å². The fourth-order valence-corrected chi connectivity index (χ4v) is 2.63. The Balaban J connectivity index is 2.36. The Kier molecular flexibility index (Phi) is 4.25. The minimum absolute atomic E-state index is 0.0814. The van der Waals surface area contributed by atoms with E-state index in [4.69, 9.17) is 18.6 Å². The van der Waals surface area contributed by atoms with E-state index in [1.54, 1.807) is 12.1 Å². The molecule has 1 heterocycles. The van der Waals surface area contributed by atoms with Crippen LogP contribution in [0.4, 0.5) is 0 Å². The van der Waals surface area contributed by atoms with Crippen molar-refractivity contribution in [2.24, 2.45) is 0 Å². The molecule has 0 aliphatic heterocycles. The van der Waals surface area contributed by atoms with Gasteiger partial charge in [0, 0.05) is 11.6 Å². The highest BCUT2D eigenvalue weighted by atomic mass is 16.5. The molecule has 8 heteroatoms. The maximum atomic E-state index is 12.5. The number of hydrogen-bond acceptors (Lipinski definition) is 8. The van der Waals surface area contributed by atoms with E-state index in [0.717, 1.165) is 6.07 Å². The molecule has 0 bridgehead atoms. The highest BCUT2D eigenvalue weighted by molar-refractivity contribution is 5.93. The quantitative estimate of drug-likeness (QED) is 0.608. The van der Waals surface area contributed by atoms with Gasteiger partial charge in [0.25, 0.3) is 0 Å². The molecule has 0 amide bonds. The third-order valence-corrected chi connectivity index (χ3v) is 3.93. The summed E-state index contributed by atoms with van der Waals surface area (Å²) in [5.74, 6) is -1.17. The highest BCUT2D eigenvalue weighted by Gasteiger charge is 2.23. The number of fused-ring (bicyclic) bond motifs is 1. The van der Waals surface area contributed by atoms with Crippen LogP contribution in [0.5, 0.6) is 34.5 Å². The van der Waals surface area contributed by atoms with Gasteiger partial charge in [-0.05, 0) is 18.2 Å². The zero-order valence-electron chi connectivity index (χ0n) is 14.2. The van der Waals surface area contributed by atoms with Crippen LogP contribution in [0.15, 0.2) is 33.5 Å². The number of hydrogen-bond donors (Lipinski definition) is 3. The molecule has 0 atom stereocenters. The molecule has 0 aliphatic carbocycles. The predicted molar refractivity (Wildman–Crippen MR) is 92.6 cm³/mol. The van der Waals surface area contributed by atoms with Gasteiger partial charge >= 0.3 is 0 Å². The van der Waals surface area contributed by atoms with Gasteiger partial charge < -0.3 is 33.9 Å². The first-order chi connectivity index (χ1) is 12.4. The number of aromatic hydroxyl groups is 3. The van der Waals surface area contributed by atoms with Crippen LogP contribution in [0.25, 0.3) is 22.3 Å². The molecule has 0 fully saturated rings. The summed E-state index contributed by atoms with van der Waals surface area (Å²) in [7, 11) is 4.19. The Labute approximate surface area is 147 Å². The van der Waals surface area contributed by atoms with Crippen molar-refractivity contribution >= 4 is 11.0 Å². The Hall–Kier alpha value is -3.55. The van der Waals surface area contributed by atoms with Crippen LogP contribution in [0, 0.1) is 0 Å². The number of rotatable bonds is 4. The van der Waals surface area contributed by atoms with Crippen molar-refractivity contribution in [3.63, 3.8) is 0 Å². The topological polar surface area (TPSA) is 119 Å². The summed E-state index contributed by atoms with van der Waals surface area (Å²) in [6.07, 6.45) is 0. The molecular formula is C18H16O8. The molecule has 0 saturated carbocycles. The van der Waals surface area contributed by atoms with Crippen LogP contribution >= 0.6 is 0 Å². The molecule has 2 aromatic carbocycles. The molecule has 3 aromatic rings. The molecule has 0 radical (unpaired) electrons. The van der Waals surface area contributed by atoms with E-state index < -0.39 is 22.7 Å². The van der Waals surface area contributed by atoms with Crippen molar-refractivity contribution in [1.29, 1.82) is 0 Å². The van der Waals surface area contributed by atoms with Crippen molar-refractivity contribution in [1.82, 2.24) is 0 Å². The van der Waals surface area contributed by atoms with Crippen LogP contribution in [-0.4, -0.2) is 36.6 Å². The highest BCUT2D eigenvalue weighted by Crippen LogP contribution is 2.43. The Bertz CT molecular complexity index is 1050. The van der Waals surface area contributed by atoms with Crippen molar-refractivity contribution in [3.8, 4) is 45.8 Å². The van der Waals surface area contributed by atoms with Gasteiger partial charge in [-0.3, -0.25) is 4.79 Å². The van der Waals surface area contributed by atoms with Crippen LogP contribution in [0.1, 0.15) is 0 Å². The zero-order valence-corrected chi connectivity index (χ0v) is 14.2. The van der Waals surface area contributed by atoms with E-state index in [2.05, 4.69) is 0 Å². The third kappa shape index (κ3) is 2.52. The molecule has 0 saturated heterocycles. The molecule has 8 nitrogen and oxygen atoms in total. The minimum Gasteiger partial charge on any atom is -0.507 e. The van der Waals surface area contributed by atoms with Crippen molar-refractivity contribution < 1.29 is 33.9 Å². The number of benzene rings is 2. The second-order valence-corrected chi connectivity index (χ2v) is 5.33. The Morgan fingerprint density at radius 3 is 2.12 bits per heavy atom. The Morgan fingerprint density at radius 2 is 1.50 bits per heavy atom. The summed E-state index contributed by atoms with van der Waals surface area (Å²) in [5.41, 5.74) is -0.901. The SMILES string of the molecule is COc1ccc(-c2oc3c(O)c(OC)cc(O)c3c(=O)c2O)cc1OC. The predicted octanol–water partition coefficient (Wildman–Crippen LogP) is 2.60. The van der Waals surface area contributed by atoms with Gasteiger partial charge in [0.05, 0.1) is 21.3 Å². The zero-order chi connectivity index (χ0) is 19.0. The standard InChI is InChI=1S/C18H16O8/c1-23-10-5-4-8(6-11(10)24-2)17-16(22)15(21)13-9(19)7-12(25-3)14(20)18(13)26-17/h4-7,19-20,22H,1-3H3. The van der Waals surface area contributed by atoms with E-state index in [1.807, 2.05) is 0 Å². The van der Waals surface area contributed by atoms with Crippen LogP contribution in [0.3, 0.4) is 0 Å². The molecule has 26 heavy (non-hydrogen) atoms. The first-order valence-corrected chi connectivity index (χ1v) is 7.44. The molecule has 0 unspecified atom stereocenters. The second-order valence-electron chi connectivity index (χ2n) is 5.33. The average molecular weight is 360 g/mol. The van der Waals surface area contributed by atoms with E-state index in [9.17, 15) is 20.1 Å². The van der Waals surface area contributed by atoms with Crippen LogP contribution in [0.2, 0.25) is 0 Å². The minimum atomic E-state index is -0.897. The lowest BCUT2D eigenvalue weighted by atomic mass is 10.1. The molecule has 0 spiro atoms. The van der Waals surface area contributed by atoms with Crippen LogP contribution in [-0.2, 0) is 0 Å². The number of ether oxygens (including phenoxy) is 3. The lowest BCUT2D eigenvalue weighted by Gasteiger charge is -2.12. The molecular weight excluding hydrogens is 344 g/mol. The first-order valence-electron chi connectivity index (χ1n) is 7.44. The average Bonchev–Trinajstić information content (AvgIpc) is 2.66. The lowest BCUT2D eigenvalue weighted by Crippen LogP contribution is -2.04. The fourth-order valence-electron chi connectivity index (χ4n) is 2.63. The van der Waals surface area contributed by atoms with Gasteiger partial charge in [-0.1, -0.05) is 0 Å². The summed E-state index contributed by atoms with van der Waals surface area (Å²) in [6.45, 7) is 0. The van der Waals surface area contributed by atoms with Gasteiger partial charge in [-0.15, -0.1) is 0 Å². The molecule has 1 aromatic heterocycles. The van der Waals surface area contributed by atoms with Gasteiger partial charge in [0.1, 0.15) is 11.1 Å². The van der Waals surface area contributed by atoms with Crippen molar-refractivity contribution in [2.75, 3.05) is 21.3 Å². The lowest BCUT2D eigenvalue weighted by molar-refractivity contribution is 0.355. The largest absolute Gasteiger partial charge is 0.507 e. The van der Waals surface area contributed by atoms with E-state index in [1.165, 1.54) is 27.4 Å². The first kappa shape index (κ1) is 17.3. The maximum absolute atomic E-state index is 12.5. The normalized spacial score (nSPS) is 10.7. The smallest absolute Gasteiger partial charge is 0.238 e. The molecule has 3 N–H and O–H groups in total. The second kappa shape index (κ2) is 6.40. The summed E-state index contributed by atoms with van der Waals surface area (Å²) in [5, 5.41) is 30.2. The molecule has 136 valence electrons. The van der Waals surface area contributed by atoms with Gasteiger partial charge in [-0.2, -0.15) is 0 Å². The number of methoxy groups -OCH3 is 3. The molecule has 3 rings (SSSR count). The van der Waals surface area contributed by atoms with Crippen molar-refractivity contribution in [3.05, 3.63) is 34.5 Å². The van der Waals surface area contributed by atoms with Crippen molar-refractivity contribution in [2.45, 2.75) is 0 Å².